The molecule has 154 valence electrons. The Hall–Kier alpha value is -3.08. The monoisotopic (exact) mass is 435 g/mol. The van der Waals surface area contributed by atoms with Crippen molar-refractivity contribution in [3.63, 3.8) is 0 Å². The first-order valence-corrected chi connectivity index (χ1v) is 9.32. The van der Waals surface area contributed by atoms with Crippen molar-refractivity contribution < 1.29 is 49.0 Å². The summed E-state index contributed by atoms with van der Waals surface area (Å²) in [4.78, 5) is 19.9. The van der Waals surface area contributed by atoms with E-state index in [1.54, 1.807) is 36.5 Å². The predicted octanol–water partition coefficient (Wildman–Crippen LogP) is 2.70. The fourth-order valence-corrected chi connectivity index (χ4v) is 3.17. The molecule has 3 aromatic carbocycles. The quantitative estimate of drug-likeness (QED) is 0.345. The van der Waals surface area contributed by atoms with Crippen molar-refractivity contribution in [2.24, 2.45) is 0 Å². The number of benzene rings is 3. The average molecular weight is 435 g/mol. The van der Waals surface area contributed by atoms with Gasteiger partial charge in [0.2, 0.25) is 0 Å². The van der Waals surface area contributed by atoms with E-state index in [1.165, 1.54) is 6.07 Å². The van der Waals surface area contributed by atoms with E-state index in [1.807, 2.05) is 30.3 Å². The number of carbonyl (C=O) groups excluding carboxylic acids is 1. The Bertz CT molecular complexity index is 1270. The number of hydrogen-bond acceptors (Lipinski definition) is 4. The normalized spacial score (nSPS) is 9.88. The van der Waals surface area contributed by atoms with E-state index >= 15 is 0 Å². The summed E-state index contributed by atoms with van der Waals surface area (Å²) in [5.41, 5.74) is 2.21. The smallest absolute Gasteiger partial charge is 0.870 e. The molecular weight excluding hydrogens is 418 g/mol. The molecule has 1 aromatic heterocycles. The van der Waals surface area contributed by atoms with Gasteiger partial charge in [-0.3, -0.25) is 9.64 Å². The van der Waals surface area contributed by atoms with Gasteiger partial charge in [-0.1, -0.05) is 41.8 Å². The van der Waals surface area contributed by atoms with Crippen molar-refractivity contribution in [1.82, 2.24) is 4.98 Å². The molecule has 1 heterocycles. The van der Waals surface area contributed by atoms with Crippen LogP contribution in [-0.4, -0.2) is 16.2 Å². The topological polar surface area (TPSA) is 73.5 Å². The van der Waals surface area contributed by atoms with E-state index in [0.717, 1.165) is 5.56 Å². The molecule has 0 fully saturated rings. The number of carbonyl (C=O) groups is 1. The molecule has 0 saturated heterocycles. The van der Waals surface area contributed by atoms with Gasteiger partial charge in [0.05, 0.1) is 12.3 Å². The van der Waals surface area contributed by atoms with E-state index < -0.39 is 5.82 Å². The Labute approximate surface area is 207 Å². The molecule has 4 aromatic rings. The van der Waals surface area contributed by atoms with Crippen LogP contribution in [0.2, 0.25) is 0 Å². The summed E-state index contributed by atoms with van der Waals surface area (Å²) in [5, 5.41) is 0.643. The molecule has 0 unspecified atom stereocenters. The summed E-state index contributed by atoms with van der Waals surface area (Å²) in [5.74, 6) is 0.210. The fraction of sp³-hybridized carbons (Fsp3) is 0.0800. The van der Waals surface area contributed by atoms with Crippen LogP contribution in [0.3, 0.4) is 0 Å². The molecule has 0 aliphatic rings. The molecule has 0 aliphatic carbocycles. The van der Waals surface area contributed by atoms with Crippen LogP contribution < -0.4 is 34.3 Å². The van der Waals surface area contributed by atoms with Crippen molar-refractivity contribution in [3.05, 3.63) is 107 Å². The third-order valence-electron chi connectivity index (χ3n) is 4.62. The van der Waals surface area contributed by atoms with Gasteiger partial charge in [0, 0.05) is 25.1 Å². The molecule has 0 saturated carbocycles. The molecular formula is C25H17FN2NaO3-. The van der Waals surface area contributed by atoms with Gasteiger partial charge in [0.15, 0.2) is 0 Å². The molecule has 0 amide bonds. The van der Waals surface area contributed by atoms with Crippen LogP contribution in [0.1, 0.15) is 11.1 Å². The van der Waals surface area contributed by atoms with Crippen molar-refractivity contribution in [2.45, 2.75) is 12.8 Å². The van der Waals surface area contributed by atoms with Crippen LogP contribution in [0.4, 0.5) is 10.1 Å². The number of hydrogen-bond donors (Lipinski definition) is 0. The summed E-state index contributed by atoms with van der Waals surface area (Å²) in [7, 11) is 0. The minimum atomic E-state index is -0.498. The van der Waals surface area contributed by atoms with E-state index in [9.17, 15) is 9.18 Å². The van der Waals surface area contributed by atoms with Crippen LogP contribution in [0.5, 0.6) is 11.5 Å². The van der Waals surface area contributed by atoms with Crippen LogP contribution in [0, 0.1) is 18.5 Å². The zero-order chi connectivity index (χ0) is 20.9. The molecule has 0 aliphatic heterocycles. The van der Waals surface area contributed by atoms with Gasteiger partial charge in [-0.05, 0) is 28.8 Å². The summed E-state index contributed by atoms with van der Waals surface area (Å²) in [6, 6.07) is 21.6. The number of Topliss-reactive ketones (excluding diaryl/α,β-unsaturated/α-hetero) is 1. The number of halogens is 1. The second kappa shape index (κ2) is 11.5. The first-order chi connectivity index (χ1) is 14.6. The summed E-state index contributed by atoms with van der Waals surface area (Å²) < 4.78 is 20.4. The molecule has 0 bridgehead atoms. The Morgan fingerprint density at radius 3 is 2.59 bits per heavy atom. The Balaban J connectivity index is 0.00000181. The van der Waals surface area contributed by atoms with Crippen LogP contribution >= 0.6 is 0 Å². The Morgan fingerprint density at radius 1 is 1.09 bits per heavy atom. The van der Waals surface area contributed by atoms with Gasteiger partial charge in [-0.2, -0.15) is 18.2 Å². The van der Waals surface area contributed by atoms with Gasteiger partial charge in [-0.25, -0.2) is 4.39 Å². The molecule has 4 rings (SSSR count). The van der Waals surface area contributed by atoms with Crippen LogP contribution in [0.15, 0.2) is 72.9 Å². The maximum atomic E-state index is 14.6. The minimum Gasteiger partial charge on any atom is -0.870 e. The van der Waals surface area contributed by atoms with E-state index in [0.29, 0.717) is 33.7 Å². The second-order valence-corrected chi connectivity index (χ2v) is 6.77. The number of ketones is 1. The molecule has 0 atom stereocenters. The van der Waals surface area contributed by atoms with Crippen LogP contribution in [-0.2, 0) is 17.6 Å². The third kappa shape index (κ3) is 6.00. The zero-order valence-electron chi connectivity index (χ0n) is 17.4. The Morgan fingerprint density at radius 2 is 1.88 bits per heavy atom. The number of ether oxygens (including phenoxy) is 1. The largest absolute Gasteiger partial charge is 1.00 e. The maximum Gasteiger partial charge on any atom is 1.00 e. The molecule has 5 nitrogen and oxygen atoms in total. The number of nitrogens with zero attached hydrogens (tertiary/aromatic N) is 2. The fourth-order valence-electron chi connectivity index (χ4n) is 3.17. The maximum absolute atomic E-state index is 14.6. The number of rotatable bonds is 6. The van der Waals surface area contributed by atoms with Crippen molar-refractivity contribution >= 4 is 22.4 Å². The van der Waals surface area contributed by atoms with E-state index in [2.05, 4.69) is 15.9 Å². The molecule has 1 N–H and O–H groups in total. The molecule has 32 heavy (non-hydrogen) atoms. The van der Waals surface area contributed by atoms with Crippen molar-refractivity contribution in [3.8, 4) is 11.5 Å². The van der Waals surface area contributed by atoms with Crippen molar-refractivity contribution in [2.75, 3.05) is 0 Å². The zero-order valence-corrected chi connectivity index (χ0v) is 19.4. The first-order valence-electron chi connectivity index (χ1n) is 9.32. The number of aromatic nitrogens is 1. The molecule has 0 radical (unpaired) electrons. The van der Waals surface area contributed by atoms with E-state index in [4.69, 9.17) is 11.3 Å². The van der Waals surface area contributed by atoms with Crippen molar-refractivity contribution in [1.29, 1.82) is 0 Å². The average Bonchev–Trinajstić information content (AvgIpc) is 2.76. The molecule has 7 heteroatoms. The van der Waals surface area contributed by atoms with Gasteiger partial charge in [-0.15, -0.1) is 0 Å². The SMILES string of the molecule is [C-]#[N+]c1[c-]cc2nccc(Oc3ccc(CC(=O)Cc4ccccc4)c(F)c3)c2c1.[Na+].[OH-]. The minimum absolute atomic E-state index is 0. The van der Waals surface area contributed by atoms with Gasteiger partial charge >= 0.3 is 29.6 Å². The van der Waals surface area contributed by atoms with Gasteiger partial charge in [0.1, 0.15) is 23.1 Å². The summed E-state index contributed by atoms with van der Waals surface area (Å²) in [6.45, 7) is 7.14. The standard InChI is InChI=1S/C25H16FN2O2.Na.H2O/c1-27-19-8-10-24-22(15-19)25(11-12-28-24)30-21-9-7-18(23(26)16-21)14-20(29)13-17-5-3-2-4-6-17;;/h2-7,9-12,15-16H,13-14H2;;1H2/q-1;+1;/p-1. The number of fused-ring (bicyclic) bond motifs is 1. The predicted molar refractivity (Wildman–Crippen MR) is 114 cm³/mol. The summed E-state index contributed by atoms with van der Waals surface area (Å²) in [6.07, 6.45) is 1.86. The number of pyridine rings is 1. The molecule has 0 spiro atoms. The second-order valence-electron chi connectivity index (χ2n) is 6.77. The summed E-state index contributed by atoms with van der Waals surface area (Å²) >= 11 is 0. The third-order valence-corrected chi connectivity index (χ3v) is 4.62. The van der Waals surface area contributed by atoms with Crippen LogP contribution in [0.25, 0.3) is 15.7 Å². The van der Waals surface area contributed by atoms with Gasteiger partial charge < -0.3 is 15.2 Å². The van der Waals surface area contributed by atoms with E-state index in [-0.39, 0.29) is 53.7 Å². The Kier molecular flexibility index (Phi) is 9.06. The van der Waals surface area contributed by atoms with Gasteiger partial charge in [0.25, 0.3) is 0 Å². The first kappa shape index (κ1) is 25.2.